The van der Waals surface area contributed by atoms with E-state index in [-0.39, 0.29) is 17.9 Å². The number of carbonyl (C=O) groups excluding carboxylic acids is 2. The van der Waals surface area contributed by atoms with Crippen molar-refractivity contribution >= 4 is 11.8 Å². The Kier molecular flexibility index (Phi) is 29.8. The van der Waals surface area contributed by atoms with Gasteiger partial charge in [-0.3, -0.25) is 9.59 Å². The highest BCUT2D eigenvalue weighted by Gasteiger charge is 2.18. The fourth-order valence-corrected chi connectivity index (χ4v) is 3.14. The molecule has 2 aliphatic rings. The average molecular weight is 571 g/mol. The number of allylic oxidation sites excluding steroid dienone is 11. The number of likely N-dealkylation sites (N-methyl/N-ethyl adjacent to an activating group) is 1. The molecule has 0 heterocycles. The van der Waals surface area contributed by atoms with Crippen LogP contribution in [0.3, 0.4) is 0 Å². The van der Waals surface area contributed by atoms with Gasteiger partial charge in [0, 0.05) is 39.8 Å². The summed E-state index contributed by atoms with van der Waals surface area (Å²) in [6.45, 7) is 15.4. The van der Waals surface area contributed by atoms with Crippen molar-refractivity contribution in [3.8, 4) is 0 Å². The lowest BCUT2D eigenvalue weighted by atomic mass is 9.96. The SMILES string of the molecule is C/C=C/N.C=C(/C(=C\C)CC(=O)NC(C)C1C=CC=CCC1)N(C)C.CC.CNC(C)=O.COC1=CCC=CC=C1. The Hall–Kier alpha value is -3.74. The third kappa shape index (κ3) is 25.0. The lowest BCUT2D eigenvalue weighted by molar-refractivity contribution is -0.121. The number of ether oxygens (including phenoxy) is 1. The quantitative estimate of drug-likeness (QED) is 0.296. The minimum atomic E-state index is 0.00463. The number of carbonyl (C=O) groups is 2. The molecule has 0 radical (unpaired) electrons. The van der Waals surface area contributed by atoms with Crippen LogP contribution in [0.5, 0.6) is 0 Å². The van der Waals surface area contributed by atoms with Crippen molar-refractivity contribution in [1.29, 1.82) is 0 Å². The van der Waals surface area contributed by atoms with E-state index >= 15 is 0 Å². The van der Waals surface area contributed by atoms with Gasteiger partial charge >= 0.3 is 0 Å². The fourth-order valence-electron chi connectivity index (χ4n) is 3.14. The third-order valence-electron chi connectivity index (χ3n) is 5.66. The van der Waals surface area contributed by atoms with E-state index in [1.54, 1.807) is 20.2 Å². The number of nitrogens with one attached hydrogen (secondary N) is 2. The number of amides is 2. The summed E-state index contributed by atoms with van der Waals surface area (Å²) in [6, 6.07) is 0.152. The first-order valence-electron chi connectivity index (χ1n) is 14.3. The number of hydrogen-bond acceptors (Lipinski definition) is 5. The molecular formula is C34H58N4O3. The second-order valence-corrected chi connectivity index (χ2v) is 8.91. The van der Waals surface area contributed by atoms with Crippen molar-refractivity contribution in [3.05, 3.63) is 96.6 Å². The molecule has 0 aromatic carbocycles. The average Bonchev–Trinajstić information content (AvgIpc) is 3.43. The summed E-state index contributed by atoms with van der Waals surface area (Å²) in [7, 11) is 7.16. The van der Waals surface area contributed by atoms with Crippen LogP contribution in [0, 0.1) is 5.92 Å². The Morgan fingerprint density at radius 1 is 1.17 bits per heavy atom. The molecule has 0 saturated heterocycles. The van der Waals surface area contributed by atoms with Crippen LogP contribution in [-0.4, -0.2) is 51.0 Å². The highest BCUT2D eigenvalue weighted by atomic mass is 16.5. The van der Waals surface area contributed by atoms with E-state index in [2.05, 4.69) is 54.5 Å². The monoisotopic (exact) mass is 570 g/mol. The number of methoxy groups -OCH3 is 1. The van der Waals surface area contributed by atoms with E-state index in [4.69, 9.17) is 10.5 Å². The van der Waals surface area contributed by atoms with Gasteiger partial charge < -0.3 is 26.0 Å². The van der Waals surface area contributed by atoms with Gasteiger partial charge in [0.15, 0.2) is 0 Å². The van der Waals surface area contributed by atoms with Crippen LogP contribution in [0.15, 0.2) is 96.6 Å². The number of hydrogen-bond donors (Lipinski definition) is 3. The molecule has 0 spiro atoms. The van der Waals surface area contributed by atoms with Gasteiger partial charge in [-0.2, -0.15) is 0 Å². The van der Waals surface area contributed by atoms with E-state index in [1.807, 2.05) is 77.1 Å². The van der Waals surface area contributed by atoms with E-state index in [0.717, 1.165) is 36.3 Å². The van der Waals surface area contributed by atoms with Crippen LogP contribution in [0.4, 0.5) is 0 Å². The summed E-state index contributed by atoms with van der Waals surface area (Å²) in [4.78, 5) is 23.9. The maximum absolute atomic E-state index is 12.2. The molecule has 41 heavy (non-hydrogen) atoms. The second-order valence-electron chi connectivity index (χ2n) is 8.91. The van der Waals surface area contributed by atoms with Gasteiger partial charge in [-0.1, -0.05) is 75.1 Å². The maximum Gasteiger partial charge on any atom is 0.224 e. The zero-order valence-corrected chi connectivity index (χ0v) is 27.4. The largest absolute Gasteiger partial charge is 0.497 e. The normalized spacial score (nSPS) is 15.7. The van der Waals surface area contributed by atoms with Crippen LogP contribution in [0.1, 0.15) is 67.2 Å². The molecule has 0 fully saturated rings. The van der Waals surface area contributed by atoms with Gasteiger partial charge in [-0.25, -0.2) is 0 Å². The summed E-state index contributed by atoms with van der Waals surface area (Å²) in [6.07, 6.45) is 27.3. The Morgan fingerprint density at radius 3 is 2.24 bits per heavy atom. The number of nitrogens with zero attached hydrogens (tertiary/aromatic N) is 1. The molecule has 0 aromatic heterocycles. The lowest BCUT2D eigenvalue weighted by Crippen LogP contribution is -2.37. The molecular weight excluding hydrogens is 512 g/mol. The minimum Gasteiger partial charge on any atom is -0.497 e. The molecule has 2 unspecified atom stereocenters. The first-order valence-corrected chi connectivity index (χ1v) is 14.3. The van der Waals surface area contributed by atoms with E-state index in [0.29, 0.717) is 12.3 Å². The lowest BCUT2D eigenvalue weighted by Gasteiger charge is -2.23. The van der Waals surface area contributed by atoms with Gasteiger partial charge in [-0.15, -0.1) is 0 Å². The number of nitrogens with two attached hydrogens (primary N) is 1. The summed E-state index contributed by atoms with van der Waals surface area (Å²) in [5.74, 6) is 1.41. The van der Waals surface area contributed by atoms with Gasteiger partial charge in [-0.05, 0) is 69.9 Å². The molecule has 232 valence electrons. The van der Waals surface area contributed by atoms with Crippen molar-refractivity contribution in [1.82, 2.24) is 15.5 Å². The van der Waals surface area contributed by atoms with Gasteiger partial charge in [0.2, 0.25) is 11.8 Å². The van der Waals surface area contributed by atoms with Crippen molar-refractivity contribution in [3.63, 3.8) is 0 Å². The zero-order valence-electron chi connectivity index (χ0n) is 27.4. The van der Waals surface area contributed by atoms with Crippen LogP contribution >= 0.6 is 0 Å². The molecule has 0 aliphatic heterocycles. The predicted octanol–water partition coefficient (Wildman–Crippen LogP) is 6.72. The maximum atomic E-state index is 12.2. The Morgan fingerprint density at radius 2 is 1.76 bits per heavy atom. The smallest absolute Gasteiger partial charge is 0.224 e. The highest BCUT2D eigenvalue weighted by Crippen LogP contribution is 2.18. The Labute approximate surface area is 251 Å². The molecule has 2 atom stereocenters. The second kappa shape index (κ2) is 29.2. The minimum absolute atomic E-state index is 0.00463. The fraction of sp³-hybridized carbons (Fsp3) is 0.471. The van der Waals surface area contributed by atoms with E-state index in [9.17, 15) is 9.59 Å². The summed E-state index contributed by atoms with van der Waals surface area (Å²) in [5, 5.41) is 5.51. The molecule has 7 nitrogen and oxygen atoms in total. The molecule has 2 amide bonds. The Balaban J connectivity index is -0.000000589. The van der Waals surface area contributed by atoms with E-state index < -0.39 is 0 Å². The molecule has 0 aromatic rings. The predicted molar refractivity (Wildman–Crippen MR) is 178 cm³/mol. The topological polar surface area (TPSA) is 96.7 Å². The number of rotatable bonds is 7. The molecule has 2 aliphatic carbocycles. The zero-order chi connectivity index (χ0) is 32.1. The molecule has 0 bridgehead atoms. The molecule has 2 rings (SSSR count). The van der Waals surface area contributed by atoms with Gasteiger partial charge in [0.05, 0.1) is 13.5 Å². The Bertz CT molecular complexity index is 918. The van der Waals surface area contributed by atoms with Crippen molar-refractivity contribution < 1.29 is 14.3 Å². The molecule has 4 N–H and O–H groups in total. The standard InChI is InChI=1S/C18H28N2O.C8H10O.C3H7NO.C3H7N.C2H6/c1-6-16(15(3)20(4)5)13-18(21)19-14(2)17-11-9-7-8-10-12-17;1-9-8-6-4-2-3-5-7-8;1-3(5)4-2;1-2-3-4;1-2/h6-9,11,14,17H,3,10,12-13H2,1-2,4-5H3,(H,19,21);2-4,6-7H,5H2,1H3;1-2H3,(H,4,5);2-3H,4H2,1H3;1-2H3/b16-6-;;;3-2+;. The first-order chi connectivity index (χ1) is 19.6. The van der Waals surface area contributed by atoms with Gasteiger partial charge in [0.25, 0.3) is 0 Å². The van der Waals surface area contributed by atoms with Crippen LogP contribution in [0.25, 0.3) is 0 Å². The van der Waals surface area contributed by atoms with Crippen molar-refractivity contribution in [2.24, 2.45) is 11.7 Å². The first kappa shape index (κ1) is 41.7. The van der Waals surface area contributed by atoms with E-state index in [1.165, 1.54) is 13.1 Å². The van der Waals surface area contributed by atoms with Gasteiger partial charge in [0.1, 0.15) is 5.76 Å². The van der Waals surface area contributed by atoms with Crippen LogP contribution in [-0.2, 0) is 14.3 Å². The molecule has 0 saturated carbocycles. The van der Waals surface area contributed by atoms with Crippen molar-refractivity contribution in [2.45, 2.75) is 73.3 Å². The van der Waals surface area contributed by atoms with Crippen LogP contribution < -0.4 is 16.4 Å². The third-order valence-corrected chi connectivity index (χ3v) is 5.66. The van der Waals surface area contributed by atoms with Crippen molar-refractivity contribution in [2.75, 3.05) is 28.3 Å². The van der Waals surface area contributed by atoms with Crippen LogP contribution in [0.2, 0.25) is 0 Å². The summed E-state index contributed by atoms with van der Waals surface area (Å²) in [5.41, 5.74) is 6.71. The summed E-state index contributed by atoms with van der Waals surface area (Å²) >= 11 is 0. The summed E-state index contributed by atoms with van der Waals surface area (Å²) < 4.78 is 5.01. The molecule has 7 heteroatoms. The highest BCUT2D eigenvalue weighted by molar-refractivity contribution is 5.79.